The number of nitrogens with zero attached hydrogens (tertiary/aromatic N) is 1. The highest BCUT2D eigenvalue weighted by molar-refractivity contribution is 14.1. The number of hydrogen-bond donors (Lipinski definition) is 0. The minimum atomic E-state index is -0.371. The van der Waals surface area contributed by atoms with Crippen LogP contribution in [0.4, 0.5) is 5.69 Å². The van der Waals surface area contributed by atoms with Crippen molar-refractivity contribution in [3.8, 4) is 5.75 Å². The molecule has 2 aromatic rings. The van der Waals surface area contributed by atoms with Crippen LogP contribution < -0.4 is 4.74 Å². The van der Waals surface area contributed by atoms with Gasteiger partial charge in [-0.25, -0.2) is 0 Å². The van der Waals surface area contributed by atoms with Gasteiger partial charge >= 0.3 is 0 Å². The highest BCUT2D eigenvalue weighted by atomic mass is 127. The van der Waals surface area contributed by atoms with E-state index >= 15 is 0 Å². The summed E-state index contributed by atoms with van der Waals surface area (Å²) in [6, 6.07) is 12.7. The molecule has 2 aromatic carbocycles. The van der Waals surface area contributed by atoms with Crippen LogP contribution in [0.25, 0.3) is 0 Å². The highest BCUT2D eigenvalue weighted by Gasteiger charge is 2.13. The number of ether oxygens (including phenoxy) is 1. The maximum atomic E-state index is 10.9. The predicted octanol–water partition coefficient (Wildman–Crippen LogP) is 4.09. The van der Waals surface area contributed by atoms with Gasteiger partial charge in [0.25, 0.3) is 5.69 Å². The summed E-state index contributed by atoms with van der Waals surface area (Å²) in [6.45, 7) is 2.07. The number of nitro groups is 1. The molecule has 0 heterocycles. The number of halogens is 1. The zero-order chi connectivity index (χ0) is 13.8. The van der Waals surface area contributed by atoms with Crippen LogP contribution in [-0.2, 0) is 6.61 Å². The molecular formula is C14H12INO3. The van der Waals surface area contributed by atoms with E-state index in [4.69, 9.17) is 4.74 Å². The molecule has 0 aromatic heterocycles. The van der Waals surface area contributed by atoms with E-state index in [2.05, 4.69) is 22.6 Å². The van der Waals surface area contributed by atoms with Gasteiger partial charge in [0.15, 0.2) is 0 Å². The standard InChI is InChI=1S/C14H12INO3/c1-10-11(4-2-7-14(10)16(17)18)9-19-13-6-3-5-12(15)8-13/h2-8H,9H2,1H3. The molecule has 0 aliphatic carbocycles. The fourth-order valence-corrected chi connectivity index (χ4v) is 2.26. The third-order valence-corrected chi connectivity index (χ3v) is 3.48. The van der Waals surface area contributed by atoms with E-state index in [0.29, 0.717) is 12.2 Å². The summed E-state index contributed by atoms with van der Waals surface area (Å²) < 4.78 is 6.75. The van der Waals surface area contributed by atoms with Gasteiger partial charge in [-0.2, -0.15) is 0 Å². The van der Waals surface area contributed by atoms with E-state index in [1.165, 1.54) is 6.07 Å². The van der Waals surface area contributed by atoms with Crippen LogP contribution in [0.5, 0.6) is 5.75 Å². The summed E-state index contributed by atoms with van der Waals surface area (Å²) in [4.78, 5) is 10.5. The monoisotopic (exact) mass is 369 g/mol. The summed E-state index contributed by atoms with van der Waals surface area (Å²) in [7, 11) is 0. The predicted molar refractivity (Wildman–Crippen MR) is 81.3 cm³/mol. The first kappa shape index (κ1) is 13.8. The molecule has 0 amide bonds. The van der Waals surface area contributed by atoms with Crippen molar-refractivity contribution in [3.05, 3.63) is 67.3 Å². The van der Waals surface area contributed by atoms with Gasteiger partial charge in [-0.3, -0.25) is 10.1 Å². The van der Waals surface area contributed by atoms with Gasteiger partial charge in [-0.1, -0.05) is 18.2 Å². The minimum Gasteiger partial charge on any atom is -0.489 e. The summed E-state index contributed by atoms with van der Waals surface area (Å²) in [5, 5.41) is 10.9. The maximum absolute atomic E-state index is 10.9. The summed E-state index contributed by atoms with van der Waals surface area (Å²) in [5.41, 5.74) is 1.61. The molecule has 0 fully saturated rings. The lowest BCUT2D eigenvalue weighted by atomic mass is 10.1. The van der Waals surface area contributed by atoms with E-state index in [1.807, 2.05) is 30.3 Å². The molecule has 2 rings (SSSR count). The quantitative estimate of drug-likeness (QED) is 0.464. The van der Waals surface area contributed by atoms with Gasteiger partial charge in [-0.15, -0.1) is 0 Å². The third-order valence-electron chi connectivity index (χ3n) is 2.80. The maximum Gasteiger partial charge on any atom is 0.272 e. The molecule has 98 valence electrons. The van der Waals surface area contributed by atoms with E-state index in [0.717, 1.165) is 14.9 Å². The Morgan fingerprint density at radius 2 is 2.00 bits per heavy atom. The van der Waals surface area contributed by atoms with Crippen LogP contribution in [0.15, 0.2) is 42.5 Å². The smallest absolute Gasteiger partial charge is 0.272 e. The van der Waals surface area contributed by atoms with Crippen LogP contribution in [0.1, 0.15) is 11.1 Å². The molecule has 0 saturated carbocycles. The molecule has 0 unspecified atom stereocenters. The largest absolute Gasteiger partial charge is 0.489 e. The molecule has 0 N–H and O–H groups in total. The molecule has 0 radical (unpaired) electrons. The first-order valence-corrected chi connectivity index (χ1v) is 6.77. The zero-order valence-electron chi connectivity index (χ0n) is 10.3. The van der Waals surface area contributed by atoms with Gasteiger partial charge < -0.3 is 4.74 Å². The van der Waals surface area contributed by atoms with Gasteiger partial charge in [0, 0.05) is 15.2 Å². The Labute approximate surface area is 124 Å². The number of rotatable bonds is 4. The summed E-state index contributed by atoms with van der Waals surface area (Å²) in [6.07, 6.45) is 0. The Balaban J connectivity index is 2.16. The van der Waals surface area contributed by atoms with Crippen molar-refractivity contribution < 1.29 is 9.66 Å². The Kier molecular flexibility index (Phi) is 4.36. The van der Waals surface area contributed by atoms with Crippen LogP contribution in [0.3, 0.4) is 0 Å². The third kappa shape index (κ3) is 3.44. The second-order valence-electron chi connectivity index (χ2n) is 4.06. The van der Waals surface area contributed by atoms with E-state index in [9.17, 15) is 10.1 Å². The van der Waals surface area contributed by atoms with Crippen molar-refractivity contribution in [2.24, 2.45) is 0 Å². The lowest BCUT2D eigenvalue weighted by Gasteiger charge is -2.09. The van der Waals surface area contributed by atoms with E-state index in [-0.39, 0.29) is 10.6 Å². The van der Waals surface area contributed by atoms with Gasteiger partial charge in [0.05, 0.1) is 4.92 Å². The fourth-order valence-electron chi connectivity index (χ4n) is 1.74. The normalized spacial score (nSPS) is 10.2. The second kappa shape index (κ2) is 6.01. The van der Waals surface area contributed by atoms with Crippen molar-refractivity contribution in [1.82, 2.24) is 0 Å². The number of nitro benzene ring substituents is 1. The molecule has 0 bridgehead atoms. The van der Waals surface area contributed by atoms with Crippen molar-refractivity contribution in [2.45, 2.75) is 13.5 Å². The first-order chi connectivity index (χ1) is 9.08. The molecule has 0 spiro atoms. The lowest BCUT2D eigenvalue weighted by molar-refractivity contribution is -0.385. The van der Waals surface area contributed by atoms with Crippen molar-refractivity contribution in [3.63, 3.8) is 0 Å². The minimum absolute atomic E-state index is 0.128. The number of hydrogen-bond acceptors (Lipinski definition) is 3. The fraction of sp³-hybridized carbons (Fsp3) is 0.143. The van der Waals surface area contributed by atoms with Crippen LogP contribution in [0.2, 0.25) is 0 Å². The zero-order valence-corrected chi connectivity index (χ0v) is 12.5. The molecule has 5 heteroatoms. The van der Waals surface area contributed by atoms with Gasteiger partial charge in [-0.05, 0) is 53.3 Å². The van der Waals surface area contributed by atoms with Crippen LogP contribution >= 0.6 is 22.6 Å². The molecule has 0 saturated heterocycles. The number of benzene rings is 2. The van der Waals surface area contributed by atoms with Crippen molar-refractivity contribution in [1.29, 1.82) is 0 Å². The van der Waals surface area contributed by atoms with Gasteiger partial charge in [0.1, 0.15) is 12.4 Å². The average molecular weight is 369 g/mol. The average Bonchev–Trinajstić information content (AvgIpc) is 2.37. The molecule has 4 nitrogen and oxygen atoms in total. The molecule has 0 atom stereocenters. The Morgan fingerprint density at radius 1 is 1.26 bits per heavy atom. The summed E-state index contributed by atoms with van der Waals surface area (Å²) >= 11 is 2.21. The van der Waals surface area contributed by atoms with Crippen LogP contribution in [-0.4, -0.2) is 4.92 Å². The molecule has 0 aliphatic rings. The molecule has 0 aliphatic heterocycles. The van der Waals surface area contributed by atoms with Crippen molar-refractivity contribution >= 4 is 28.3 Å². The SMILES string of the molecule is Cc1c(COc2cccc(I)c2)cccc1[N+](=O)[O-]. The first-order valence-electron chi connectivity index (χ1n) is 5.69. The van der Waals surface area contributed by atoms with E-state index < -0.39 is 0 Å². The lowest BCUT2D eigenvalue weighted by Crippen LogP contribution is -2.01. The van der Waals surface area contributed by atoms with Crippen LogP contribution in [0, 0.1) is 20.6 Å². The van der Waals surface area contributed by atoms with Gasteiger partial charge in [0.2, 0.25) is 0 Å². The Hall–Kier alpha value is -1.63. The summed E-state index contributed by atoms with van der Waals surface area (Å²) in [5.74, 6) is 0.762. The van der Waals surface area contributed by atoms with Crippen molar-refractivity contribution in [2.75, 3.05) is 0 Å². The second-order valence-corrected chi connectivity index (χ2v) is 5.31. The topological polar surface area (TPSA) is 52.4 Å². The van der Waals surface area contributed by atoms with E-state index in [1.54, 1.807) is 13.0 Å². The molecular weight excluding hydrogens is 357 g/mol. The Morgan fingerprint density at radius 3 is 2.68 bits per heavy atom. The Bertz CT molecular complexity index is 613. The molecule has 19 heavy (non-hydrogen) atoms. The highest BCUT2D eigenvalue weighted by Crippen LogP contribution is 2.23.